The van der Waals surface area contributed by atoms with E-state index in [-0.39, 0.29) is 23.4 Å². The maximum absolute atomic E-state index is 5.76. The van der Waals surface area contributed by atoms with Crippen LogP contribution in [0.4, 0.5) is 11.9 Å². The molecule has 7 heteroatoms. The van der Waals surface area contributed by atoms with Gasteiger partial charge in [0.1, 0.15) is 0 Å². The lowest BCUT2D eigenvalue weighted by Crippen LogP contribution is -2.43. The van der Waals surface area contributed by atoms with Gasteiger partial charge in [-0.05, 0) is 24.4 Å². The third-order valence-electron chi connectivity index (χ3n) is 2.94. The Hall–Kier alpha value is -1.14. The lowest BCUT2D eigenvalue weighted by molar-refractivity contribution is 0.0299. The first-order valence-corrected chi connectivity index (χ1v) is 5.66. The second-order valence-corrected chi connectivity index (χ2v) is 4.46. The molecule has 2 atom stereocenters. The molecule has 1 aromatic rings. The van der Waals surface area contributed by atoms with Crippen LogP contribution in [0.5, 0.6) is 0 Å². The molecular weight excluding hydrogens is 230 g/mol. The van der Waals surface area contributed by atoms with E-state index < -0.39 is 0 Å². The topological polar surface area (TPSA) is 77.2 Å². The lowest BCUT2D eigenvalue weighted by atomic mass is 10.2. The molecule has 2 bridgehead atoms. The molecule has 1 aromatic heterocycles. The van der Waals surface area contributed by atoms with E-state index >= 15 is 0 Å². The van der Waals surface area contributed by atoms with Gasteiger partial charge in [-0.1, -0.05) is 0 Å². The zero-order valence-electron chi connectivity index (χ0n) is 8.64. The van der Waals surface area contributed by atoms with Gasteiger partial charge in [0.25, 0.3) is 0 Å². The van der Waals surface area contributed by atoms with Crippen molar-refractivity contribution in [2.45, 2.75) is 25.0 Å². The predicted molar refractivity (Wildman–Crippen MR) is 59.4 cm³/mol. The monoisotopic (exact) mass is 241 g/mol. The smallest absolute Gasteiger partial charge is 0.231 e. The van der Waals surface area contributed by atoms with Crippen molar-refractivity contribution in [3.8, 4) is 0 Å². The summed E-state index contributed by atoms with van der Waals surface area (Å²) in [6, 6.07) is 0. The van der Waals surface area contributed by atoms with Crippen LogP contribution in [0.1, 0.15) is 12.8 Å². The van der Waals surface area contributed by atoms with Gasteiger partial charge in [-0.25, -0.2) is 0 Å². The second-order valence-electron chi connectivity index (χ2n) is 4.13. The molecule has 2 unspecified atom stereocenters. The third-order valence-corrected chi connectivity index (χ3v) is 3.11. The molecular formula is C9H12ClN5O. The number of fused-ring (bicyclic) bond motifs is 2. The first kappa shape index (κ1) is 10.0. The summed E-state index contributed by atoms with van der Waals surface area (Å²) < 4.78 is 5.73. The average molecular weight is 242 g/mol. The average Bonchev–Trinajstić information content (AvgIpc) is 2.56. The molecule has 86 valence electrons. The van der Waals surface area contributed by atoms with Crippen LogP contribution in [-0.2, 0) is 4.74 Å². The number of rotatable bonds is 1. The Morgan fingerprint density at radius 3 is 2.50 bits per heavy atom. The number of ether oxygens (including phenoxy) is 1. The van der Waals surface area contributed by atoms with Gasteiger partial charge in [-0.2, -0.15) is 15.0 Å². The minimum absolute atomic E-state index is 0.140. The zero-order chi connectivity index (χ0) is 11.1. The molecule has 0 aliphatic carbocycles. The molecule has 2 N–H and O–H groups in total. The molecule has 2 aliphatic heterocycles. The lowest BCUT2D eigenvalue weighted by Gasteiger charge is -2.31. The first-order valence-electron chi connectivity index (χ1n) is 5.28. The Labute approximate surface area is 97.8 Å². The van der Waals surface area contributed by atoms with Gasteiger partial charge in [0.2, 0.25) is 17.2 Å². The second kappa shape index (κ2) is 3.71. The number of halogens is 1. The summed E-state index contributed by atoms with van der Waals surface area (Å²) in [7, 11) is 0. The Morgan fingerprint density at radius 1 is 1.19 bits per heavy atom. The number of nitrogens with two attached hydrogens (primary N) is 1. The van der Waals surface area contributed by atoms with Gasteiger partial charge in [-0.3, -0.25) is 0 Å². The van der Waals surface area contributed by atoms with E-state index in [9.17, 15) is 0 Å². The number of morpholine rings is 1. The van der Waals surface area contributed by atoms with E-state index in [0.29, 0.717) is 5.95 Å². The SMILES string of the molecule is Nc1nc(Cl)nc(N2CC3CCC(C2)O3)n1. The number of aromatic nitrogens is 3. The van der Waals surface area contributed by atoms with Crippen LogP contribution in [0.3, 0.4) is 0 Å². The summed E-state index contributed by atoms with van der Waals surface area (Å²) in [6.07, 6.45) is 2.79. The maximum Gasteiger partial charge on any atom is 0.231 e. The minimum atomic E-state index is 0.140. The molecule has 6 nitrogen and oxygen atoms in total. The summed E-state index contributed by atoms with van der Waals surface area (Å²) in [5, 5.41) is 0.140. The molecule has 2 aliphatic rings. The fourth-order valence-corrected chi connectivity index (χ4v) is 2.44. The molecule has 0 amide bonds. The Morgan fingerprint density at radius 2 is 1.88 bits per heavy atom. The van der Waals surface area contributed by atoms with Crippen molar-refractivity contribution >= 4 is 23.5 Å². The van der Waals surface area contributed by atoms with Crippen LogP contribution >= 0.6 is 11.6 Å². The molecule has 0 aromatic carbocycles. The highest BCUT2D eigenvalue weighted by atomic mass is 35.5. The third kappa shape index (κ3) is 1.78. The summed E-state index contributed by atoms with van der Waals surface area (Å²) in [5.74, 6) is 0.714. The van der Waals surface area contributed by atoms with Crippen LogP contribution < -0.4 is 10.6 Å². The quantitative estimate of drug-likeness (QED) is 0.771. The van der Waals surface area contributed by atoms with Gasteiger partial charge in [0.15, 0.2) is 0 Å². The number of nitrogens with zero attached hydrogens (tertiary/aromatic N) is 4. The molecule has 2 fully saturated rings. The number of hydrogen-bond donors (Lipinski definition) is 1. The molecule has 3 rings (SSSR count). The summed E-state index contributed by atoms with van der Waals surface area (Å²) in [5.41, 5.74) is 5.55. The highest BCUT2D eigenvalue weighted by molar-refractivity contribution is 6.28. The summed E-state index contributed by atoms with van der Waals surface area (Å²) in [4.78, 5) is 14.0. The van der Waals surface area contributed by atoms with Crippen molar-refractivity contribution in [3.63, 3.8) is 0 Å². The normalized spacial score (nSPS) is 28.4. The van der Waals surface area contributed by atoms with E-state index in [1.807, 2.05) is 0 Å². The van der Waals surface area contributed by atoms with Crippen molar-refractivity contribution in [2.24, 2.45) is 0 Å². The number of hydrogen-bond acceptors (Lipinski definition) is 6. The molecule has 0 spiro atoms. The van der Waals surface area contributed by atoms with Gasteiger partial charge in [0, 0.05) is 13.1 Å². The van der Waals surface area contributed by atoms with Crippen molar-refractivity contribution < 1.29 is 4.74 Å². The van der Waals surface area contributed by atoms with Crippen molar-refractivity contribution in [1.82, 2.24) is 15.0 Å². The summed E-state index contributed by atoms with van der Waals surface area (Å²) >= 11 is 5.76. The fourth-order valence-electron chi connectivity index (χ4n) is 2.27. The number of nitrogen functional groups attached to an aromatic ring is 1. The van der Waals surface area contributed by atoms with E-state index in [1.165, 1.54) is 0 Å². The van der Waals surface area contributed by atoms with Crippen molar-refractivity contribution in [1.29, 1.82) is 0 Å². The maximum atomic E-state index is 5.76. The van der Waals surface area contributed by atoms with E-state index in [1.54, 1.807) is 0 Å². The van der Waals surface area contributed by atoms with Crippen LogP contribution in [0, 0.1) is 0 Å². The molecule has 3 heterocycles. The zero-order valence-corrected chi connectivity index (χ0v) is 9.39. The van der Waals surface area contributed by atoms with Gasteiger partial charge >= 0.3 is 0 Å². The van der Waals surface area contributed by atoms with Crippen molar-refractivity contribution in [3.05, 3.63) is 5.28 Å². The Bertz CT molecular complexity index is 383. The highest BCUT2D eigenvalue weighted by Gasteiger charge is 2.34. The minimum Gasteiger partial charge on any atom is -0.371 e. The Kier molecular flexibility index (Phi) is 2.33. The number of anilines is 2. The fraction of sp³-hybridized carbons (Fsp3) is 0.667. The largest absolute Gasteiger partial charge is 0.371 e. The van der Waals surface area contributed by atoms with Crippen LogP contribution in [0.25, 0.3) is 0 Å². The van der Waals surface area contributed by atoms with E-state index in [0.717, 1.165) is 25.9 Å². The molecule has 16 heavy (non-hydrogen) atoms. The Balaban J connectivity index is 1.86. The van der Waals surface area contributed by atoms with Gasteiger partial charge < -0.3 is 15.4 Å². The van der Waals surface area contributed by atoms with Crippen LogP contribution in [0.2, 0.25) is 5.28 Å². The van der Waals surface area contributed by atoms with Gasteiger partial charge in [0.05, 0.1) is 12.2 Å². The standard InChI is InChI=1S/C9H12ClN5O/c10-7-12-8(11)14-9(13-7)15-3-5-1-2-6(4-15)16-5/h5-6H,1-4H2,(H2,11,12,13,14). The molecule has 0 radical (unpaired) electrons. The van der Waals surface area contributed by atoms with Crippen LogP contribution in [-0.4, -0.2) is 40.2 Å². The van der Waals surface area contributed by atoms with E-state index in [2.05, 4.69) is 19.9 Å². The predicted octanol–water partition coefficient (Wildman–Crippen LogP) is 0.475. The van der Waals surface area contributed by atoms with Crippen molar-refractivity contribution in [2.75, 3.05) is 23.7 Å². The van der Waals surface area contributed by atoms with Gasteiger partial charge in [-0.15, -0.1) is 0 Å². The molecule has 2 saturated heterocycles. The van der Waals surface area contributed by atoms with Crippen LogP contribution in [0.15, 0.2) is 0 Å². The molecule has 0 saturated carbocycles. The van der Waals surface area contributed by atoms with E-state index in [4.69, 9.17) is 22.1 Å². The summed E-state index contributed by atoms with van der Waals surface area (Å²) in [6.45, 7) is 1.60. The first-order chi connectivity index (χ1) is 7.70. The highest BCUT2D eigenvalue weighted by Crippen LogP contribution is 2.28.